The van der Waals surface area contributed by atoms with Gasteiger partial charge in [0.2, 0.25) is 0 Å². The maximum absolute atomic E-state index is 13.5. The van der Waals surface area contributed by atoms with Gasteiger partial charge in [0, 0.05) is 25.8 Å². The van der Waals surface area contributed by atoms with Gasteiger partial charge in [-0.25, -0.2) is 18.6 Å². The van der Waals surface area contributed by atoms with Crippen molar-refractivity contribution in [2.45, 2.75) is 26.9 Å². The fourth-order valence-electron chi connectivity index (χ4n) is 3.33. The third-order valence-electron chi connectivity index (χ3n) is 4.91. The van der Waals surface area contributed by atoms with Crippen LogP contribution in [0.15, 0.2) is 30.6 Å². The lowest BCUT2D eigenvalue weighted by Crippen LogP contribution is -2.31. The molecule has 0 saturated carbocycles. The minimum absolute atomic E-state index is 0.155. The van der Waals surface area contributed by atoms with Crippen LogP contribution in [-0.4, -0.2) is 44.9 Å². The Morgan fingerprint density at radius 1 is 1.16 bits per heavy atom. The first-order valence-corrected chi connectivity index (χ1v) is 10.7. The lowest BCUT2D eigenvalue weighted by Gasteiger charge is -2.17. The summed E-state index contributed by atoms with van der Waals surface area (Å²) in [5.41, 5.74) is 2.41. The summed E-state index contributed by atoms with van der Waals surface area (Å²) >= 11 is 1.13. The molecule has 11 heteroatoms. The summed E-state index contributed by atoms with van der Waals surface area (Å²) in [5.74, 6) is -2.18. The van der Waals surface area contributed by atoms with Crippen molar-refractivity contribution >= 4 is 28.4 Å². The highest BCUT2D eigenvalue weighted by Crippen LogP contribution is 2.29. The number of amides is 3. The fraction of sp³-hybridized carbons (Fsp3) is 0.286. The molecule has 8 nitrogen and oxygen atoms in total. The zero-order valence-electron chi connectivity index (χ0n) is 17.4. The number of benzene rings is 1. The first-order chi connectivity index (χ1) is 15.3. The molecule has 0 bridgehead atoms. The van der Waals surface area contributed by atoms with Crippen molar-refractivity contribution in [2.24, 2.45) is 0 Å². The van der Waals surface area contributed by atoms with Crippen LogP contribution in [0.25, 0.3) is 0 Å². The van der Waals surface area contributed by atoms with E-state index in [2.05, 4.69) is 20.3 Å². The van der Waals surface area contributed by atoms with E-state index in [1.807, 2.05) is 6.92 Å². The molecule has 0 atom stereocenters. The van der Waals surface area contributed by atoms with Gasteiger partial charge in [0.05, 0.1) is 29.8 Å². The summed E-state index contributed by atoms with van der Waals surface area (Å²) in [6, 6.07) is 3.27. The summed E-state index contributed by atoms with van der Waals surface area (Å²) in [5, 5.41) is 3.22. The maximum Gasteiger partial charge on any atom is 0.326 e. The average Bonchev–Trinajstić information content (AvgIpc) is 3.31. The maximum atomic E-state index is 13.5. The molecule has 3 aromatic rings. The third-order valence-corrected chi connectivity index (χ3v) is 6.09. The molecular weight excluding hydrogens is 438 g/mol. The van der Waals surface area contributed by atoms with Crippen LogP contribution >= 0.6 is 11.3 Å². The first kappa shape index (κ1) is 21.8. The van der Waals surface area contributed by atoms with E-state index in [0.29, 0.717) is 40.0 Å². The highest BCUT2D eigenvalue weighted by Gasteiger charge is 2.32. The minimum Gasteiger partial charge on any atom is -0.346 e. The molecule has 3 heterocycles. The molecule has 166 valence electrons. The van der Waals surface area contributed by atoms with E-state index < -0.39 is 11.6 Å². The largest absolute Gasteiger partial charge is 0.346 e. The number of aryl methyl sites for hydroxylation is 2. The molecule has 4 rings (SSSR count). The second kappa shape index (κ2) is 8.95. The highest BCUT2D eigenvalue weighted by molar-refractivity contribution is 7.17. The number of carbonyl (C=O) groups excluding carboxylic acids is 2. The van der Waals surface area contributed by atoms with Gasteiger partial charge in [-0.3, -0.25) is 19.7 Å². The van der Waals surface area contributed by atoms with Gasteiger partial charge in [-0.2, -0.15) is 0 Å². The zero-order chi connectivity index (χ0) is 22.8. The second-order valence-corrected chi connectivity index (χ2v) is 8.33. The van der Waals surface area contributed by atoms with Crippen molar-refractivity contribution in [3.63, 3.8) is 0 Å². The quantitative estimate of drug-likeness (QED) is 0.613. The number of halogens is 2. The van der Waals surface area contributed by atoms with Crippen molar-refractivity contribution in [1.82, 2.24) is 25.2 Å². The molecule has 1 aliphatic heterocycles. The number of anilines is 1. The Bertz CT molecular complexity index is 1180. The van der Waals surface area contributed by atoms with Crippen LogP contribution in [0.5, 0.6) is 0 Å². The van der Waals surface area contributed by atoms with Crippen molar-refractivity contribution < 1.29 is 18.4 Å². The van der Waals surface area contributed by atoms with E-state index in [0.717, 1.165) is 29.2 Å². The molecule has 0 spiro atoms. The van der Waals surface area contributed by atoms with Gasteiger partial charge in [0.15, 0.2) is 16.8 Å². The minimum atomic E-state index is -0.950. The topological polar surface area (TPSA) is 91.3 Å². The Kier molecular flexibility index (Phi) is 6.08. The van der Waals surface area contributed by atoms with Gasteiger partial charge in [0.25, 0.3) is 5.91 Å². The van der Waals surface area contributed by atoms with Gasteiger partial charge in [-0.1, -0.05) is 17.4 Å². The Labute approximate surface area is 186 Å². The lowest BCUT2D eigenvalue weighted by atomic mass is 10.2. The summed E-state index contributed by atoms with van der Waals surface area (Å²) in [4.78, 5) is 41.6. The summed E-state index contributed by atoms with van der Waals surface area (Å²) in [6.45, 7) is 4.70. The van der Waals surface area contributed by atoms with Gasteiger partial charge in [0.1, 0.15) is 4.88 Å². The molecule has 1 N–H and O–H groups in total. The SMILES string of the molecule is Cc1cncc(CNC(=O)c2sc(N3CCN(Cc4ccc(F)c(F)c4)C3=O)nc2C)n1. The number of carbonyl (C=O) groups is 2. The predicted octanol–water partition coefficient (Wildman–Crippen LogP) is 3.20. The number of hydrogen-bond donors (Lipinski definition) is 1. The average molecular weight is 458 g/mol. The fourth-order valence-corrected chi connectivity index (χ4v) is 4.33. The van der Waals surface area contributed by atoms with Crippen LogP contribution < -0.4 is 10.2 Å². The lowest BCUT2D eigenvalue weighted by molar-refractivity contribution is 0.0953. The molecule has 32 heavy (non-hydrogen) atoms. The van der Waals surface area contributed by atoms with E-state index in [1.165, 1.54) is 15.9 Å². The number of aromatic nitrogens is 3. The van der Waals surface area contributed by atoms with Crippen LogP contribution in [0.3, 0.4) is 0 Å². The van der Waals surface area contributed by atoms with Crippen LogP contribution in [-0.2, 0) is 13.1 Å². The molecule has 1 aromatic carbocycles. The Morgan fingerprint density at radius 3 is 2.72 bits per heavy atom. The first-order valence-electron chi connectivity index (χ1n) is 9.85. The number of hydrogen-bond acceptors (Lipinski definition) is 6. The van der Waals surface area contributed by atoms with E-state index in [-0.39, 0.29) is 25.0 Å². The molecular formula is C21H20F2N6O2S. The smallest absolute Gasteiger partial charge is 0.326 e. The van der Waals surface area contributed by atoms with Gasteiger partial charge in [-0.15, -0.1) is 0 Å². The van der Waals surface area contributed by atoms with Crippen LogP contribution in [0.4, 0.5) is 18.7 Å². The van der Waals surface area contributed by atoms with Crippen molar-refractivity contribution in [3.8, 4) is 0 Å². The third kappa shape index (κ3) is 4.57. The summed E-state index contributed by atoms with van der Waals surface area (Å²) in [6.07, 6.45) is 3.22. The molecule has 1 fully saturated rings. The van der Waals surface area contributed by atoms with E-state index in [9.17, 15) is 18.4 Å². The molecule has 1 aliphatic rings. The number of urea groups is 1. The summed E-state index contributed by atoms with van der Waals surface area (Å²) in [7, 11) is 0. The van der Waals surface area contributed by atoms with Gasteiger partial charge >= 0.3 is 6.03 Å². The van der Waals surface area contributed by atoms with Crippen LogP contribution in [0.2, 0.25) is 0 Å². The second-order valence-electron chi connectivity index (χ2n) is 7.35. The predicted molar refractivity (Wildman–Crippen MR) is 114 cm³/mol. The number of nitrogens with one attached hydrogen (secondary N) is 1. The summed E-state index contributed by atoms with van der Waals surface area (Å²) < 4.78 is 26.6. The molecule has 0 radical (unpaired) electrons. The normalized spacial score (nSPS) is 13.7. The highest BCUT2D eigenvalue weighted by atomic mass is 32.1. The molecule has 2 aromatic heterocycles. The van der Waals surface area contributed by atoms with Gasteiger partial charge in [-0.05, 0) is 31.5 Å². The zero-order valence-corrected chi connectivity index (χ0v) is 18.2. The number of nitrogens with zero attached hydrogens (tertiary/aromatic N) is 5. The molecule has 0 unspecified atom stereocenters. The number of thiazole rings is 1. The van der Waals surface area contributed by atoms with Gasteiger partial charge < -0.3 is 10.2 Å². The van der Waals surface area contributed by atoms with Crippen molar-refractivity contribution in [1.29, 1.82) is 0 Å². The molecule has 3 amide bonds. The Hall–Kier alpha value is -3.47. The van der Waals surface area contributed by atoms with Crippen LogP contribution in [0, 0.1) is 25.5 Å². The molecule has 1 saturated heterocycles. The molecule has 0 aliphatic carbocycles. The Balaban J connectivity index is 1.42. The van der Waals surface area contributed by atoms with E-state index in [4.69, 9.17) is 0 Å². The number of rotatable bonds is 6. The van der Waals surface area contributed by atoms with Crippen molar-refractivity contribution in [3.05, 3.63) is 69.7 Å². The van der Waals surface area contributed by atoms with Crippen molar-refractivity contribution in [2.75, 3.05) is 18.0 Å². The monoisotopic (exact) mass is 458 g/mol. The Morgan fingerprint density at radius 2 is 1.97 bits per heavy atom. The van der Waals surface area contributed by atoms with E-state index in [1.54, 1.807) is 19.3 Å². The standard InChI is InChI=1S/C21H20F2N6O2S/c1-12-8-24-9-15(26-12)10-25-19(30)18-13(2)27-20(32-18)29-6-5-28(21(29)31)11-14-3-4-16(22)17(23)7-14/h3-4,7-9H,5-6,10-11H2,1-2H3,(H,25,30). The van der Waals surface area contributed by atoms with E-state index >= 15 is 0 Å². The van der Waals surface area contributed by atoms with Crippen LogP contribution in [0.1, 0.15) is 32.3 Å².